The number of carbonyl (C=O) groups excluding carboxylic acids is 1. The summed E-state index contributed by atoms with van der Waals surface area (Å²) in [5, 5.41) is 2.84. The fourth-order valence-electron chi connectivity index (χ4n) is 2.34. The molecule has 5 heteroatoms. The molecule has 0 aliphatic heterocycles. The predicted octanol–water partition coefficient (Wildman–Crippen LogP) is 2.99. The van der Waals surface area contributed by atoms with Crippen LogP contribution in [0, 0.1) is 13.8 Å². The van der Waals surface area contributed by atoms with E-state index in [9.17, 15) is 9.59 Å². The van der Waals surface area contributed by atoms with Crippen LogP contribution >= 0.6 is 0 Å². The van der Waals surface area contributed by atoms with E-state index in [-0.39, 0.29) is 5.91 Å². The molecular weight excluding hydrogens is 268 g/mol. The zero-order chi connectivity index (χ0) is 15.0. The number of anilines is 1. The molecule has 0 saturated carbocycles. The first-order valence-corrected chi connectivity index (χ1v) is 6.54. The van der Waals surface area contributed by atoms with Gasteiger partial charge >= 0.3 is 5.76 Å². The van der Waals surface area contributed by atoms with Gasteiger partial charge in [-0.1, -0.05) is 6.07 Å². The Labute approximate surface area is 120 Å². The van der Waals surface area contributed by atoms with Gasteiger partial charge in [-0.05, 0) is 55.3 Å². The fourth-order valence-corrected chi connectivity index (χ4v) is 2.34. The second-order valence-corrected chi connectivity index (χ2v) is 5.06. The molecule has 0 aliphatic carbocycles. The van der Waals surface area contributed by atoms with E-state index in [1.54, 1.807) is 18.2 Å². The van der Waals surface area contributed by atoms with Crippen LogP contribution in [-0.2, 0) is 0 Å². The molecule has 0 radical (unpaired) electrons. The molecule has 0 spiro atoms. The molecule has 2 aromatic carbocycles. The largest absolute Gasteiger partial charge is 0.417 e. The smallest absolute Gasteiger partial charge is 0.408 e. The Hall–Kier alpha value is -2.82. The van der Waals surface area contributed by atoms with Gasteiger partial charge in [0.1, 0.15) is 0 Å². The molecule has 106 valence electrons. The lowest BCUT2D eigenvalue weighted by Crippen LogP contribution is -2.11. The number of aromatic nitrogens is 1. The highest BCUT2D eigenvalue weighted by Crippen LogP contribution is 2.17. The van der Waals surface area contributed by atoms with E-state index < -0.39 is 5.76 Å². The molecule has 21 heavy (non-hydrogen) atoms. The minimum atomic E-state index is -0.531. The first-order chi connectivity index (χ1) is 10.0. The lowest BCUT2D eigenvalue weighted by atomic mass is 10.1. The predicted molar refractivity (Wildman–Crippen MR) is 80.7 cm³/mol. The number of rotatable bonds is 2. The quantitative estimate of drug-likeness (QED) is 0.758. The average molecular weight is 282 g/mol. The molecule has 2 N–H and O–H groups in total. The molecule has 0 saturated heterocycles. The van der Waals surface area contributed by atoms with Gasteiger partial charge in [0.25, 0.3) is 5.91 Å². The molecule has 1 amide bonds. The number of nitrogens with one attached hydrogen (secondary N) is 2. The van der Waals surface area contributed by atoms with Crippen LogP contribution < -0.4 is 11.1 Å². The molecular formula is C16H14N2O3. The van der Waals surface area contributed by atoms with Crippen LogP contribution in [0.3, 0.4) is 0 Å². The van der Waals surface area contributed by atoms with E-state index in [2.05, 4.69) is 10.3 Å². The van der Waals surface area contributed by atoms with Crippen molar-refractivity contribution >= 4 is 22.7 Å². The summed E-state index contributed by atoms with van der Waals surface area (Å²) < 4.78 is 4.96. The lowest BCUT2D eigenvalue weighted by Gasteiger charge is -2.07. The normalized spacial score (nSPS) is 10.8. The number of amides is 1. The summed E-state index contributed by atoms with van der Waals surface area (Å²) in [5.41, 5.74) is 4.28. The van der Waals surface area contributed by atoms with Crippen LogP contribution in [0.1, 0.15) is 21.5 Å². The monoisotopic (exact) mass is 282 g/mol. The lowest BCUT2D eigenvalue weighted by molar-refractivity contribution is 0.102. The van der Waals surface area contributed by atoms with Crippen LogP contribution in [0.5, 0.6) is 0 Å². The van der Waals surface area contributed by atoms with Gasteiger partial charge in [-0.25, -0.2) is 4.79 Å². The number of hydrogen-bond acceptors (Lipinski definition) is 3. The van der Waals surface area contributed by atoms with Crippen molar-refractivity contribution in [1.82, 2.24) is 4.98 Å². The Morgan fingerprint density at radius 1 is 1.10 bits per heavy atom. The van der Waals surface area contributed by atoms with Gasteiger partial charge in [0.2, 0.25) is 0 Å². The highest BCUT2D eigenvalue weighted by molar-refractivity contribution is 6.05. The molecule has 0 atom stereocenters. The van der Waals surface area contributed by atoms with Crippen molar-refractivity contribution in [3.8, 4) is 0 Å². The molecule has 0 fully saturated rings. The number of oxazole rings is 1. The first kappa shape index (κ1) is 13.2. The third-order valence-corrected chi connectivity index (χ3v) is 3.16. The fraction of sp³-hybridized carbons (Fsp3) is 0.125. The molecule has 1 heterocycles. The standard InChI is InChI=1S/C16H14N2O3/c1-9-5-10(2)7-12(6-9)17-15(19)11-3-4-13-14(8-11)21-16(20)18-13/h3-8H,1-2H3,(H,17,19)(H,18,20). The van der Waals surface area contributed by atoms with Crippen LogP contribution in [0.4, 0.5) is 5.69 Å². The van der Waals surface area contributed by atoms with Crippen molar-refractivity contribution in [3.63, 3.8) is 0 Å². The van der Waals surface area contributed by atoms with Gasteiger partial charge in [0.15, 0.2) is 5.58 Å². The maximum Gasteiger partial charge on any atom is 0.417 e. The van der Waals surface area contributed by atoms with Crippen molar-refractivity contribution in [2.75, 3.05) is 5.32 Å². The van der Waals surface area contributed by atoms with Crippen LogP contribution in [0.15, 0.2) is 45.6 Å². The third-order valence-electron chi connectivity index (χ3n) is 3.16. The molecule has 0 unspecified atom stereocenters. The van der Waals surface area contributed by atoms with Gasteiger partial charge in [0, 0.05) is 11.3 Å². The van der Waals surface area contributed by atoms with Crippen LogP contribution in [-0.4, -0.2) is 10.9 Å². The van der Waals surface area contributed by atoms with Gasteiger partial charge in [-0.3, -0.25) is 9.78 Å². The third kappa shape index (κ3) is 2.72. The summed E-state index contributed by atoms with van der Waals surface area (Å²) in [6, 6.07) is 10.7. The number of hydrogen-bond donors (Lipinski definition) is 2. The molecule has 0 bridgehead atoms. The number of fused-ring (bicyclic) bond motifs is 1. The van der Waals surface area contributed by atoms with Gasteiger partial charge in [0.05, 0.1) is 5.52 Å². The Bertz CT molecular complexity index is 870. The summed E-state index contributed by atoms with van der Waals surface area (Å²) in [7, 11) is 0. The number of H-pyrrole nitrogens is 1. The van der Waals surface area contributed by atoms with E-state index >= 15 is 0 Å². The summed E-state index contributed by atoms with van der Waals surface area (Å²) in [6.07, 6.45) is 0. The van der Waals surface area contributed by atoms with Crippen molar-refractivity contribution in [1.29, 1.82) is 0 Å². The van der Waals surface area contributed by atoms with Gasteiger partial charge in [-0.2, -0.15) is 0 Å². The topological polar surface area (TPSA) is 75.1 Å². The highest BCUT2D eigenvalue weighted by Gasteiger charge is 2.09. The molecule has 3 rings (SSSR count). The average Bonchev–Trinajstić information content (AvgIpc) is 2.76. The number of benzene rings is 2. The summed E-state index contributed by atoms with van der Waals surface area (Å²) >= 11 is 0. The maximum atomic E-state index is 12.2. The molecule has 1 aromatic heterocycles. The zero-order valence-electron chi connectivity index (χ0n) is 11.7. The Morgan fingerprint density at radius 3 is 2.52 bits per heavy atom. The zero-order valence-corrected chi connectivity index (χ0v) is 11.7. The highest BCUT2D eigenvalue weighted by atomic mass is 16.4. The van der Waals surface area contributed by atoms with Crippen LogP contribution in [0.25, 0.3) is 11.1 Å². The van der Waals surface area contributed by atoms with E-state index in [4.69, 9.17) is 4.42 Å². The first-order valence-electron chi connectivity index (χ1n) is 6.54. The van der Waals surface area contributed by atoms with E-state index in [1.807, 2.05) is 32.0 Å². The minimum Gasteiger partial charge on any atom is -0.408 e. The molecule has 0 aliphatic rings. The summed E-state index contributed by atoms with van der Waals surface area (Å²) in [5.74, 6) is -0.775. The van der Waals surface area contributed by atoms with Gasteiger partial charge < -0.3 is 9.73 Å². The summed E-state index contributed by atoms with van der Waals surface area (Å²) in [6.45, 7) is 3.95. The second-order valence-electron chi connectivity index (χ2n) is 5.06. The van der Waals surface area contributed by atoms with Crippen LogP contribution in [0.2, 0.25) is 0 Å². The van der Waals surface area contributed by atoms with Gasteiger partial charge in [-0.15, -0.1) is 0 Å². The van der Waals surface area contributed by atoms with E-state index in [0.29, 0.717) is 16.7 Å². The Kier molecular flexibility index (Phi) is 3.10. The number of aromatic amines is 1. The number of carbonyl (C=O) groups is 1. The Balaban J connectivity index is 1.90. The second kappa shape index (κ2) is 4.94. The van der Waals surface area contributed by atoms with Crippen molar-refractivity contribution in [2.24, 2.45) is 0 Å². The maximum absolute atomic E-state index is 12.2. The van der Waals surface area contributed by atoms with E-state index in [0.717, 1.165) is 16.8 Å². The van der Waals surface area contributed by atoms with E-state index in [1.165, 1.54) is 0 Å². The number of aryl methyl sites for hydroxylation is 2. The molecule has 5 nitrogen and oxygen atoms in total. The molecule has 3 aromatic rings. The van der Waals surface area contributed by atoms with Crippen molar-refractivity contribution < 1.29 is 9.21 Å². The van der Waals surface area contributed by atoms with Crippen molar-refractivity contribution in [2.45, 2.75) is 13.8 Å². The van der Waals surface area contributed by atoms with Crippen molar-refractivity contribution in [3.05, 3.63) is 63.6 Å². The summed E-state index contributed by atoms with van der Waals surface area (Å²) in [4.78, 5) is 25.9. The SMILES string of the molecule is Cc1cc(C)cc(NC(=O)c2ccc3[nH]c(=O)oc3c2)c1. The Morgan fingerprint density at radius 2 is 1.81 bits per heavy atom. The minimum absolute atomic E-state index is 0.245.